The molecule has 0 aliphatic carbocycles. The van der Waals surface area contributed by atoms with Gasteiger partial charge in [-0.05, 0) is 30.3 Å². The molecule has 3 rings (SSSR count). The number of rotatable bonds is 2. The number of ketones is 1. The van der Waals surface area contributed by atoms with Gasteiger partial charge in [0.2, 0.25) is 0 Å². The van der Waals surface area contributed by atoms with Crippen LogP contribution in [0.5, 0.6) is 0 Å². The summed E-state index contributed by atoms with van der Waals surface area (Å²) in [5.41, 5.74) is 1.96. The minimum atomic E-state index is -0.0394. The lowest BCUT2D eigenvalue weighted by molar-refractivity contribution is 0.103. The topological polar surface area (TPSA) is 30.0 Å². The zero-order valence-electron chi connectivity index (χ0n) is 10.3. The zero-order valence-corrected chi connectivity index (χ0v) is 13.5. The van der Waals surface area contributed by atoms with E-state index in [4.69, 9.17) is 0 Å². The van der Waals surface area contributed by atoms with Gasteiger partial charge in [-0.2, -0.15) is 0 Å². The van der Waals surface area contributed by atoms with E-state index in [0.29, 0.717) is 11.1 Å². The average Bonchev–Trinajstić information content (AvgIpc) is 2.48. The second-order valence-electron chi connectivity index (χ2n) is 4.33. The van der Waals surface area contributed by atoms with E-state index in [1.54, 1.807) is 6.20 Å². The monoisotopic (exact) mass is 389 g/mol. The van der Waals surface area contributed by atoms with E-state index in [1.165, 1.54) is 0 Å². The number of hydrogen-bond acceptors (Lipinski definition) is 2. The summed E-state index contributed by atoms with van der Waals surface area (Å²) in [5, 5.41) is 0.962. The smallest absolute Gasteiger partial charge is 0.196 e. The van der Waals surface area contributed by atoms with Crippen molar-refractivity contribution in [2.75, 3.05) is 0 Å². The molecule has 0 unspecified atom stereocenters. The van der Waals surface area contributed by atoms with E-state index in [-0.39, 0.29) is 5.78 Å². The highest BCUT2D eigenvalue weighted by atomic mass is 79.9. The first kappa shape index (κ1) is 13.5. The van der Waals surface area contributed by atoms with Gasteiger partial charge in [-0.15, -0.1) is 0 Å². The summed E-state index contributed by atoms with van der Waals surface area (Å²) in [6.07, 6.45) is 1.70. The van der Waals surface area contributed by atoms with Crippen LogP contribution in [0, 0.1) is 0 Å². The molecule has 0 amide bonds. The van der Waals surface area contributed by atoms with E-state index in [9.17, 15) is 4.79 Å². The Labute approximate surface area is 133 Å². The zero-order chi connectivity index (χ0) is 14.1. The predicted octanol–water partition coefficient (Wildman–Crippen LogP) is 4.99. The maximum atomic E-state index is 12.7. The molecule has 98 valence electrons. The van der Waals surface area contributed by atoms with Crippen molar-refractivity contribution < 1.29 is 4.79 Å². The van der Waals surface area contributed by atoms with Gasteiger partial charge in [0.15, 0.2) is 5.78 Å². The van der Waals surface area contributed by atoms with E-state index in [1.807, 2.05) is 48.5 Å². The van der Waals surface area contributed by atoms with Crippen LogP contribution in [0.2, 0.25) is 0 Å². The van der Waals surface area contributed by atoms with Gasteiger partial charge in [-0.25, -0.2) is 0 Å². The van der Waals surface area contributed by atoms with E-state index in [0.717, 1.165) is 19.8 Å². The van der Waals surface area contributed by atoms with Crippen molar-refractivity contribution in [1.29, 1.82) is 0 Å². The molecule has 2 aromatic carbocycles. The molecule has 20 heavy (non-hydrogen) atoms. The van der Waals surface area contributed by atoms with Gasteiger partial charge in [-0.3, -0.25) is 9.78 Å². The van der Waals surface area contributed by atoms with Gasteiger partial charge in [0.1, 0.15) is 0 Å². The van der Waals surface area contributed by atoms with Crippen molar-refractivity contribution in [1.82, 2.24) is 4.98 Å². The molecule has 4 heteroatoms. The fraction of sp³-hybridized carbons (Fsp3) is 0. The third-order valence-electron chi connectivity index (χ3n) is 3.05. The van der Waals surface area contributed by atoms with Crippen LogP contribution in [-0.2, 0) is 0 Å². The standard InChI is InChI=1S/C16H9Br2NO/c17-11-6-7-14(18)13(9-11)16(20)12-5-1-3-10-4-2-8-19-15(10)12/h1-9H. The molecule has 0 aliphatic heterocycles. The van der Waals surface area contributed by atoms with Crippen LogP contribution in [0.15, 0.2) is 63.7 Å². The summed E-state index contributed by atoms with van der Waals surface area (Å²) in [7, 11) is 0. The maximum Gasteiger partial charge on any atom is 0.196 e. The Morgan fingerprint density at radius 1 is 0.950 bits per heavy atom. The van der Waals surface area contributed by atoms with Crippen molar-refractivity contribution in [2.24, 2.45) is 0 Å². The quantitative estimate of drug-likeness (QED) is 0.577. The van der Waals surface area contributed by atoms with Crippen LogP contribution in [0.3, 0.4) is 0 Å². The Morgan fingerprint density at radius 3 is 2.60 bits per heavy atom. The minimum absolute atomic E-state index is 0.0394. The van der Waals surface area contributed by atoms with Crippen molar-refractivity contribution in [3.63, 3.8) is 0 Å². The first-order valence-electron chi connectivity index (χ1n) is 6.00. The van der Waals surface area contributed by atoms with Gasteiger partial charge >= 0.3 is 0 Å². The molecule has 0 fully saturated rings. The number of benzene rings is 2. The van der Waals surface area contributed by atoms with Gasteiger partial charge in [0.05, 0.1) is 5.52 Å². The fourth-order valence-electron chi connectivity index (χ4n) is 2.10. The molecule has 0 saturated heterocycles. The largest absolute Gasteiger partial charge is 0.288 e. The van der Waals surface area contributed by atoms with Gasteiger partial charge in [0, 0.05) is 31.7 Å². The Bertz CT molecular complexity index is 809. The number of halogens is 2. The molecule has 0 atom stereocenters. The van der Waals surface area contributed by atoms with Crippen LogP contribution in [-0.4, -0.2) is 10.8 Å². The minimum Gasteiger partial charge on any atom is -0.288 e. The summed E-state index contributed by atoms with van der Waals surface area (Å²) < 4.78 is 1.65. The normalized spacial score (nSPS) is 10.7. The number of carbonyl (C=O) groups excluding carboxylic acids is 1. The molecular weight excluding hydrogens is 382 g/mol. The Balaban J connectivity index is 2.20. The molecule has 0 aliphatic rings. The maximum absolute atomic E-state index is 12.7. The van der Waals surface area contributed by atoms with Crippen LogP contribution in [0.1, 0.15) is 15.9 Å². The SMILES string of the molecule is O=C(c1cc(Br)ccc1Br)c1cccc2cccnc12. The summed E-state index contributed by atoms with van der Waals surface area (Å²) in [5.74, 6) is -0.0394. The predicted molar refractivity (Wildman–Crippen MR) is 87.0 cm³/mol. The highest BCUT2D eigenvalue weighted by Crippen LogP contribution is 2.26. The number of fused-ring (bicyclic) bond motifs is 1. The number of para-hydroxylation sites is 1. The van der Waals surface area contributed by atoms with Gasteiger partial charge in [0.25, 0.3) is 0 Å². The summed E-state index contributed by atoms with van der Waals surface area (Å²) in [4.78, 5) is 17.1. The molecule has 0 N–H and O–H groups in total. The fourth-order valence-corrected chi connectivity index (χ4v) is 2.89. The highest BCUT2D eigenvalue weighted by Gasteiger charge is 2.16. The molecule has 1 aromatic heterocycles. The van der Waals surface area contributed by atoms with E-state index < -0.39 is 0 Å². The van der Waals surface area contributed by atoms with Crippen LogP contribution in [0.25, 0.3) is 10.9 Å². The Morgan fingerprint density at radius 2 is 1.75 bits per heavy atom. The van der Waals surface area contributed by atoms with Crippen LogP contribution in [0.4, 0.5) is 0 Å². The van der Waals surface area contributed by atoms with Crippen LogP contribution < -0.4 is 0 Å². The number of pyridine rings is 1. The van der Waals surface area contributed by atoms with Crippen LogP contribution >= 0.6 is 31.9 Å². The summed E-state index contributed by atoms with van der Waals surface area (Å²) in [6, 6.07) is 15.0. The van der Waals surface area contributed by atoms with E-state index in [2.05, 4.69) is 36.8 Å². The first-order chi connectivity index (χ1) is 9.66. The molecule has 0 radical (unpaired) electrons. The Kier molecular flexibility index (Phi) is 3.68. The second-order valence-corrected chi connectivity index (χ2v) is 6.10. The molecular formula is C16H9Br2NO. The van der Waals surface area contributed by atoms with Crippen molar-refractivity contribution in [2.45, 2.75) is 0 Å². The van der Waals surface area contributed by atoms with E-state index >= 15 is 0 Å². The lowest BCUT2D eigenvalue weighted by atomic mass is 10.0. The number of carbonyl (C=O) groups is 1. The van der Waals surface area contributed by atoms with Gasteiger partial charge in [-0.1, -0.05) is 50.1 Å². The molecule has 1 heterocycles. The average molecular weight is 391 g/mol. The number of aromatic nitrogens is 1. The number of nitrogens with zero attached hydrogens (tertiary/aromatic N) is 1. The van der Waals surface area contributed by atoms with Crippen molar-refractivity contribution in [3.8, 4) is 0 Å². The molecule has 0 saturated carbocycles. The molecule has 2 nitrogen and oxygen atoms in total. The molecule has 0 bridgehead atoms. The van der Waals surface area contributed by atoms with Crippen molar-refractivity contribution in [3.05, 3.63) is 74.8 Å². The molecule has 0 spiro atoms. The third kappa shape index (κ3) is 2.41. The van der Waals surface area contributed by atoms with Crippen molar-refractivity contribution >= 4 is 48.5 Å². The number of hydrogen-bond donors (Lipinski definition) is 0. The lowest BCUT2D eigenvalue weighted by Gasteiger charge is -2.07. The Hall–Kier alpha value is -1.52. The highest BCUT2D eigenvalue weighted by molar-refractivity contribution is 9.11. The third-order valence-corrected chi connectivity index (χ3v) is 4.24. The van der Waals surface area contributed by atoms with Gasteiger partial charge < -0.3 is 0 Å². The lowest BCUT2D eigenvalue weighted by Crippen LogP contribution is -2.04. The summed E-state index contributed by atoms with van der Waals surface area (Å²) >= 11 is 6.83. The summed E-state index contributed by atoms with van der Waals surface area (Å²) in [6.45, 7) is 0. The first-order valence-corrected chi connectivity index (χ1v) is 7.59. The molecule has 3 aromatic rings. The second kappa shape index (κ2) is 5.46.